The van der Waals surface area contributed by atoms with Crippen LogP contribution in [0.25, 0.3) is 0 Å². The van der Waals surface area contributed by atoms with Crippen LogP contribution < -0.4 is 0 Å². The molecule has 7 atom stereocenters. The van der Waals surface area contributed by atoms with Crippen LogP contribution in [-0.4, -0.2) is 0 Å². The van der Waals surface area contributed by atoms with Crippen molar-refractivity contribution < 1.29 is 0 Å². The van der Waals surface area contributed by atoms with Gasteiger partial charge >= 0.3 is 0 Å². The highest BCUT2D eigenvalue weighted by Crippen LogP contribution is 2.67. The van der Waals surface area contributed by atoms with E-state index in [0.29, 0.717) is 5.41 Å². The molecule has 24 heavy (non-hydrogen) atoms. The van der Waals surface area contributed by atoms with Gasteiger partial charge in [-0.2, -0.15) is 0 Å². The molecule has 0 bridgehead atoms. The van der Waals surface area contributed by atoms with Gasteiger partial charge in [-0.25, -0.2) is 0 Å². The Morgan fingerprint density at radius 1 is 0.625 bits per heavy atom. The van der Waals surface area contributed by atoms with Crippen molar-refractivity contribution in [3.8, 4) is 0 Å². The van der Waals surface area contributed by atoms with E-state index in [2.05, 4.69) is 20.8 Å². The fourth-order valence-corrected chi connectivity index (χ4v) is 7.56. The minimum Gasteiger partial charge on any atom is -0.0683 e. The van der Waals surface area contributed by atoms with E-state index in [4.69, 9.17) is 0 Å². The lowest BCUT2D eigenvalue weighted by Crippen LogP contribution is -2.52. The van der Waals surface area contributed by atoms with E-state index < -0.39 is 0 Å². The predicted octanol–water partition coefficient (Wildman–Crippen LogP) is 8.11. The normalized spacial score (nSPS) is 49.4. The zero-order valence-corrected chi connectivity index (χ0v) is 18.0. The Morgan fingerprint density at radius 2 is 1.29 bits per heavy atom. The third-order valence-corrected chi connectivity index (χ3v) is 9.06. The van der Waals surface area contributed by atoms with Gasteiger partial charge in [0.2, 0.25) is 0 Å². The first-order valence-electron chi connectivity index (χ1n) is 11.6. The Labute approximate surface area is 153 Å². The van der Waals surface area contributed by atoms with Crippen LogP contribution in [0.2, 0.25) is 0 Å². The van der Waals surface area contributed by atoms with Gasteiger partial charge in [0, 0.05) is 0 Å². The molecule has 4 saturated carbocycles. The molecule has 0 radical (unpaired) electrons. The average Bonchev–Trinajstić information content (AvgIpc) is 2.93. The quantitative estimate of drug-likeness (QED) is 0.419. The van der Waals surface area contributed by atoms with E-state index in [1.54, 1.807) is 44.9 Å². The van der Waals surface area contributed by atoms with E-state index in [9.17, 15) is 0 Å². The van der Waals surface area contributed by atoms with Gasteiger partial charge in [-0.3, -0.25) is 0 Å². The second kappa shape index (κ2) is 8.13. The van der Waals surface area contributed by atoms with Crippen LogP contribution in [0.5, 0.6) is 0 Å². The molecule has 0 aliphatic heterocycles. The molecular formula is C24H46. The zero-order valence-electron chi connectivity index (χ0n) is 18.0. The van der Waals surface area contributed by atoms with Crippen LogP contribution in [0.3, 0.4) is 0 Å². The average molecular weight is 335 g/mol. The number of fused-ring (bicyclic) bond motifs is 5. The summed E-state index contributed by atoms with van der Waals surface area (Å²) in [6.07, 6.45) is 15.5. The van der Waals surface area contributed by atoms with Crippen molar-refractivity contribution in [3.63, 3.8) is 0 Å². The van der Waals surface area contributed by atoms with Gasteiger partial charge in [-0.05, 0) is 91.8 Å². The largest absolute Gasteiger partial charge is 0.0683 e. The van der Waals surface area contributed by atoms with E-state index in [-0.39, 0.29) is 0 Å². The minimum atomic E-state index is 0.707. The van der Waals surface area contributed by atoms with Crippen molar-refractivity contribution in [1.29, 1.82) is 0 Å². The highest BCUT2D eigenvalue weighted by atomic mass is 14.6. The monoisotopic (exact) mass is 334 g/mol. The van der Waals surface area contributed by atoms with E-state index in [1.807, 2.05) is 27.7 Å². The number of hydrogen-bond acceptors (Lipinski definition) is 0. The molecule has 0 aromatic carbocycles. The SMILES string of the molecule is CC.CC.CC1CCC2C3CCC4CCCCC4(C)C3CCC12C. The Kier molecular flexibility index (Phi) is 6.88. The van der Waals surface area contributed by atoms with Crippen LogP contribution in [0.1, 0.15) is 113 Å². The third-order valence-electron chi connectivity index (χ3n) is 9.06. The van der Waals surface area contributed by atoms with Crippen molar-refractivity contribution in [2.45, 2.75) is 113 Å². The van der Waals surface area contributed by atoms with E-state index in [0.717, 1.165) is 35.0 Å². The van der Waals surface area contributed by atoms with Crippen molar-refractivity contribution in [2.75, 3.05) is 0 Å². The fraction of sp³-hybridized carbons (Fsp3) is 1.00. The number of rotatable bonds is 0. The summed E-state index contributed by atoms with van der Waals surface area (Å²) >= 11 is 0. The maximum absolute atomic E-state index is 2.70. The van der Waals surface area contributed by atoms with Crippen LogP contribution in [-0.2, 0) is 0 Å². The molecule has 4 aliphatic rings. The molecule has 0 aromatic heterocycles. The van der Waals surface area contributed by atoms with Crippen molar-refractivity contribution >= 4 is 0 Å². The zero-order chi connectivity index (χ0) is 18.0. The van der Waals surface area contributed by atoms with Gasteiger partial charge in [0.1, 0.15) is 0 Å². The third kappa shape index (κ3) is 3.09. The Hall–Kier alpha value is 0. The van der Waals surface area contributed by atoms with E-state index in [1.165, 1.54) is 19.3 Å². The maximum atomic E-state index is 2.70. The Bertz CT molecular complexity index is 385. The molecule has 7 unspecified atom stereocenters. The summed E-state index contributed by atoms with van der Waals surface area (Å²) in [5, 5.41) is 0. The van der Waals surface area contributed by atoms with Gasteiger partial charge in [-0.15, -0.1) is 0 Å². The van der Waals surface area contributed by atoms with Crippen LogP contribution >= 0.6 is 0 Å². The molecule has 0 heteroatoms. The van der Waals surface area contributed by atoms with Gasteiger partial charge < -0.3 is 0 Å². The summed E-state index contributed by atoms with van der Waals surface area (Å²) in [5.41, 5.74) is 1.44. The second-order valence-electron chi connectivity index (χ2n) is 9.43. The topological polar surface area (TPSA) is 0 Å². The van der Waals surface area contributed by atoms with Crippen LogP contribution in [0.15, 0.2) is 0 Å². The minimum absolute atomic E-state index is 0.707. The van der Waals surface area contributed by atoms with Crippen molar-refractivity contribution in [3.05, 3.63) is 0 Å². The van der Waals surface area contributed by atoms with E-state index >= 15 is 0 Å². The Balaban J connectivity index is 0.000000487. The molecule has 0 saturated heterocycles. The van der Waals surface area contributed by atoms with Crippen molar-refractivity contribution in [2.24, 2.45) is 40.4 Å². The van der Waals surface area contributed by atoms with Gasteiger partial charge in [0.05, 0.1) is 0 Å². The first-order chi connectivity index (χ1) is 11.6. The van der Waals surface area contributed by atoms with Gasteiger partial charge in [0.25, 0.3) is 0 Å². The summed E-state index contributed by atoms with van der Waals surface area (Å²) in [5.74, 6) is 5.34. The standard InChI is InChI=1S/C20H34.2C2H6/c1-14-7-10-17-16-9-8-15-6-4-5-12-20(15,3)18(16)11-13-19(14,17)2;2*1-2/h14-18H,4-13H2,1-3H3;2*1-2H3. The molecule has 0 N–H and O–H groups in total. The molecule has 0 spiro atoms. The van der Waals surface area contributed by atoms with Gasteiger partial charge in [-0.1, -0.05) is 61.3 Å². The summed E-state index contributed by atoms with van der Waals surface area (Å²) in [4.78, 5) is 0. The highest BCUT2D eigenvalue weighted by molar-refractivity contribution is 5.08. The molecule has 0 aromatic rings. The molecule has 0 heterocycles. The summed E-state index contributed by atoms with van der Waals surface area (Å²) in [6, 6.07) is 0. The molecule has 0 nitrogen and oxygen atoms in total. The lowest BCUT2D eigenvalue weighted by molar-refractivity contribution is -0.109. The lowest BCUT2D eigenvalue weighted by atomic mass is 9.45. The number of hydrogen-bond donors (Lipinski definition) is 0. The first-order valence-corrected chi connectivity index (χ1v) is 11.6. The smallest absolute Gasteiger partial charge is 0.0266 e. The predicted molar refractivity (Wildman–Crippen MR) is 108 cm³/mol. The molecule has 4 rings (SSSR count). The molecule has 4 fully saturated rings. The first kappa shape index (κ1) is 20.3. The molecule has 0 amide bonds. The molecule has 4 aliphatic carbocycles. The summed E-state index contributed by atoms with van der Waals surface area (Å²) < 4.78 is 0. The van der Waals surface area contributed by atoms with Crippen LogP contribution in [0.4, 0.5) is 0 Å². The summed E-state index contributed by atoms with van der Waals surface area (Å²) in [6.45, 7) is 15.9. The summed E-state index contributed by atoms with van der Waals surface area (Å²) in [7, 11) is 0. The van der Waals surface area contributed by atoms with Crippen molar-refractivity contribution in [1.82, 2.24) is 0 Å². The Morgan fingerprint density at radius 3 is 2.00 bits per heavy atom. The maximum Gasteiger partial charge on any atom is -0.0266 e. The molecular weight excluding hydrogens is 288 g/mol. The van der Waals surface area contributed by atoms with Gasteiger partial charge in [0.15, 0.2) is 0 Å². The lowest BCUT2D eigenvalue weighted by Gasteiger charge is -2.60. The molecule has 142 valence electrons. The second-order valence-corrected chi connectivity index (χ2v) is 9.43. The highest BCUT2D eigenvalue weighted by Gasteiger charge is 2.58. The van der Waals surface area contributed by atoms with Crippen LogP contribution in [0, 0.1) is 40.4 Å². The fourth-order valence-electron chi connectivity index (χ4n) is 7.56.